The van der Waals surface area contributed by atoms with Gasteiger partial charge in [-0.25, -0.2) is 0 Å². The molecule has 102 valence electrons. The Kier molecular flexibility index (Phi) is 5.43. The lowest BCUT2D eigenvalue weighted by Crippen LogP contribution is -2.20. The average Bonchev–Trinajstić information content (AvgIpc) is 2.82. The van der Waals surface area contributed by atoms with Gasteiger partial charge in [0.25, 0.3) is 0 Å². The molecule has 4 heteroatoms. The van der Waals surface area contributed by atoms with Crippen LogP contribution in [-0.4, -0.2) is 13.6 Å². The van der Waals surface area contributed by atoms with Crippen molar-refractivity contribution >= 4 is 33.0 Å². The molecule has 0 bridgehead atoms. The largest absolute Gasteiger partial charge is 0.370 e. The fourth-order valence-corrected chi connectivity index (χ4v) is 3.28. The lowest BCUT2D eigenvalue weighted by molar-refractivity contribution is 0.723. The average molecular weight is 339 g/mol. The molecule has 1 aromatic heterocycles. The maximum Gasteiger partial charge on any atom is 0.0701 e. The quantitative estimate of drug-likeness (QED) is 0.846. The van der Waals surface area contributed by atoms with E-state index in [1.165, 1.54) is 20.6 Å². The van der Waals surface area contributed by atoms with Crippen LogP contribution in [-0.2, 0) is 13.1 Å². The molecule has 0 fully saturated rings. The van der Waals surface area contributed by atoms with Crippen molar-refractivity contribution in [3.63, 3.8) is 0 Å². The number of benzene rings is 1. The molecule has 0 amide bonds. The number of hydrogen-bond acceptors (Lipinski definition) is 3. The Balaban J connectivity index is 2.11. The van der Waals surface area contributed by atoms with Gasteiger partial charge in [-0.1, -0.05) is 25.1 Å². The van der Waals surface area contributed by atoms with Gasteiger partial charge in [0.1, 0.15) is 0 Å². The number of anilines is 1. The molecular weight excluding hydrogens is 320 g/mol. The van der Waals surface area contributed by atoms with E-state index in [0.717, 1.165) is 19.6 Å². The molecule has 0 aliphatic heterocycles. The Hall–Kier alpha value is -0.840. The van der Waals surface area contributed by atoms with E-state index in [1.807, 2.05) is 0 Å². The van der Waals surface area contributed by atoms with Crippen LogP contribution in [0.5, 0.6) is 0 Å². The van der Waals surface area contributed by atoms with Crippen LogP contribution in [0.4, 0.5) is 5.69 Å². The number of thiophene rings is 1. The number of nitrogens with one attached hydrogen (secondary N) is 1. The van der Waals surface area contributed by atoms with E-state index in [0.29, 0.717) is 0 Å². The topological polar surface area (TPSA) is 15.3 Å². The Labute approximate surface area is 127 Å². The van der Waals surface area contributed by atoms with Gasteiger partial charge in [0.15, 0.2) is 0 Å². The molecular formula is C15H19BrN2S. The number of para-hydroxylation sites is 1. The van der Waals surface area contributed by atoms with E-state index in [2.05, 4.69) is 75.8 Å². The molecule has 1 heterocycles. The first-order valence-corrected chi connectivity index (χ1v) is 8.10. The molecule has 0 aliphatic rings. The van der Waals surface area contributed by atoms with Crippen molar-refractivity contribution in [1.29, 1.82) is 0 Å². The lowest BCUT2D eigenvalue weighted by atomic mass is 10.1. The molecule has 2 rings (SSSR count). The van der Waals surface area contributed by atoms with Crippen LogP contribution >= 0.6 is 27.3 Å². The minimum absolute atomic E-state index is 0.921. The first kappa shape index (κ1) is 14.6. The van der Waals surface area contributed by atoms with Gasteiger partial charge in [-0.2, -0.15) is 0 Å². The fraction of sp³-hybridized carbons (Fsp3) is 0.333. The van der Waals surface area contributed by atoms with E-state index >= 15 is 0 Å². The summed E-state index contributed by atoms with van der Waals surface area (Å²) in [7, 11) is 2.15. The maximum absolute atomic E-state index is 3.52. The first-order chi connectivity index (χ1) is 9.20. The van der Waals surface area contributed by atoms with Crippen molar-refractivity contribution in [1.82, 2.24) is 5.32 Å². The number of rotatable bonds is 6. The first-order valence-electron chi connectivity index (χ1n) is 6.43. The second-order valence-electron chi connectivity index (χ2n) is 4.52. The third-order valence-electron chi connectivity index (χ3n) is 3.01. The molecule has 0 aliphatic carbocycles. The van der Waals surface area contributed by atoms with Gasteiger partial charge < -0.3 is 10.2 Å². The van der Waals surface area contributed by atoms with Crippen LogP contribution in [0.15, 0.2) is 39.5 Å². The van der Waals surface area contributed by atoms with E-state index in [-0.39, 0.29) is 0 Å². The molecule has 0 saturated carbocycles. The summed E-state index contributed by atoms with van der Waals surface area (Å²) in [4.78, 5) is 2.31. The molecule has 1 aromatic carbocycles. The number of hydrogen-bond donors (Lipinski definition) is 1. The highest BCUT2D eigenvalue weighted by Crippen LogP contribution is 2.25. The highest BCUT2D eigenvalue weighted by molar-refractivity contribution is 9.11. The second kappa shape index (κ2) is 7.08. The normalized spacial score (nSPS) is 10.7. The predicted molar refractivity (Wildman–Crippen MR) is 87.9 cm³/mol. The molecule has 2 nitrogen and oxygen atoms in total. The predicted octanol–water partition coefficient (Wildman–Crippen LogP) is 4.26. The maximum atomic E-state index is 3.52. The Morgan fingerprint density at radius 1 is 1.32 bits per heavy atom. The minimum atomic E-state index is 0.921. The van der Waals surface area contributed by atoms with Crippen molar-refractivity contribution in [2.24, 2.45) is 0 Å². The van der Waals surface area contributed by atoms with E-state index < -0.39 is 0 Å². The monoisotopic (exact) mass is 338 g/mol. The molecule has 0 saturated heterocycles. The van der Waals surface area contributed by atoms with Gasteiger partial charge in [-0.15, -0.1) is 11.3 Å². The van der Waals surface area contributed by atoms with Crippen molar-refractivity contribution in [2.45, 2.75) is 20.0 Å². The van der Waals surface area contributed by atoms with Crippen LogP contribution < -0.4 is 10.2 Å². The summed E-state index contributed by atoms with van der Waals surface area (Å²) in [5.41, 5.74) is 3.99. The van der Waals surface area contributed by atoms with Gasteiger partial charge >= 0.3 is 0 Å². The zero-order valence-electron chi connectivity index (χ0n) is 11.3. The Morgan fingerprint density at radius 2 is 2.11 bits per heavy atom. The van der Waals surface area contributed by atoms with Crippen LogP contribution in [0.2, 0.25) is 0 Å². The summed E-state index contributed by atoms with van der Waals surface area (Å²) >= 11 is 5.25. The Bertz CT molecular complexity index is 524. The van der Waals surface area contributed by atoms with E-state index in [4.69, 9.17) is 0 Å². The van der Waals surface area contributed by atoms with E-state index in [9.17, 15) is 0 Å². The van der Waals surface area contributed by atoms with E-state index in [1.54, 1.807) is 11.3 Å². The zero-order valence-corrected chi connectivity index (χ0v) is 13.7. The van der Waals surface area contributed by atoms with Gasteiger partial charge in [0, 0.05) is 25.8 Å². The van der Waals surface area contributed by atoms with Crippen LogP contribution in [0.3, 0.4) is 0 Å². The molecule has 0 atom stereocenters. The summed E-state index contributed by atoms with van der Waals surface area (Å²) in [6, 6.07) is 10.8. The van der Waals surface area contributed by atoms with Crippen LogP contribution in [0.25, 0.3) is 0 Å². The smallest absolute Gasteiger partial charge is 0.0701 e. The number of halogens is 1. The van der Waals surface area contributed by atoms with Gasteiger partial charge in [-0.3, -0.25) is 0 Å². The highest BCUT2D eigenvalue weighted by atomic mass is 79.9. The molecule has 0 unspecified atom stereocenters. The standard InChI is InChI=1S/C15H19BrN2S/c1-3-17-9-13-6-4-5-7-14(13)18(2)10-12-8-15(16)19-11-12/h4-8,11,17H,3,9-10H2,1-2H3. The molecule has 1 N–H and O–H groups in total. The molecule has 0 radical (unpaired) electrons. The summed E-state index contributed by atoms with van der Waals surface area (Å²) in [6.45, 7) is 4.99. The van der Waals surface area contributed by atoms with Gasteiger partial charge in [0.05, 0.1) is 3.79 Å². The van der Waals surface area contributed by atoms with Crippen molar-refractivity contribution < 1.29 is 0 Å². The summed E-state index contributed by atoms with van der Waals surface area (Å²) in [6.07, 6.45) is 0. The summed E-state index contributed by atoms with van der Waals surface area (Å²) in [5.74, 6) is 0. The number of nitrogens with zero attached hydrogens (tertiary/aromatic N) is 1. The van der Waals surface area contributed by atoms with Gasteiger partial charge in [-0.05, 0) is 51.1 Å². The lowest BCUT2D eigenvalue weighted by Gasteiger charge is -2.22. The van der Waals surface area contributed by atoms with Gasteiger partial charge in [0.2, 0.25) is 0 Å². The molecule has 0 spiro atoms. The molecule has 2 aromatic rings. The summed E-state index contributed by atoms with van der Waals surface area (Å²) < 4.78 is 1.19. The zero-order chi connectivity index (χ0) is 13.7. The minimum Gasteiger partial charge on any atom is -0.370 e. The van der Waals surface area contributed by atoms with Crippen molar-refractivity contribution in [2.75, 3.05) is 18.5 Å². The second-order valence-corrected chi connectivity index (χ2v) is 6.81. The SMILES string of the molecule is CCNCc1ccccc1N(C)Cc1csc(Br)c1. The van der Waals surface area contributed by atoms with Crippen molar-refractivity contribution in [3.8, 4) is 0 Å². The van der Waals surface area contributed by atoms with Crippen LogP contribution in [0.1, 0.15) is 18.1 Å². The summed E-state index contributed by atoms with van der Waals surface area (Å²) in [5, 5.41) is 5.60. The fourth-order valence-electron chi connectivity index (χ4n) is 2.08. The van der Waals surface area contributed by atoms with Crippen LogP contribution in [0, 0.1) is 0 Å². The Morgan fingerprint density at radius 3 is 2.79 bits per heavy atom. The third kappa shape index (κ3) is 4.06. The third-order valence-corrected chi connectivity index (χ3v) is 4.56. The van der Waals surface area contributed by atoms with Crippen molar-refractivity contribution in [3.05, 3.63) is 50.6 Å². The highest BCUT2D eigenvalue weighted by Gasteiger charge is 2.08. The molecule has 19 heavy (non-hydrogen) atoms.